The van der Waals surface area contributed by atoms with Gasteiger partial charge in [0.05, 0.1) is 5.25 Å². The van der Waals surface area contributed by atoms with Crippen LogP contribution in [0.4, 0.5) is 4.79 Å². The molecule has 0 aliphatic carbocycles. The average Bonchev–Trinajstić information content (AvgIpc) is 2.58. The summed E-state index contributed by atoms with van der Waals surface area (Å²) in [6.07, 6.45) is 2.08. The van der Waals surface area contributed by atoms with Crippen molar-refractivity contribution in [3.63, 3.8) is 0 Å². The summed E-state index contributed by atoms with van der Waals surface area (Å²) >= 11 is 1.50. The highest BCUT2D eigenvalue weighted by molar-refractivity contribution is 8.01. The van der Waals surface area contributed by atoms with E-state index in [2.05, 4.69) is 0 Å². The lowest BCUT2D eigenvalue weighted by Crippen LogP contribution is -2.42. The van der Waals surface area contributed by atoms with Crippen molar-refractivity contribution in [3.8, 4) is 0 Å². The molecular formula is C20H25NO4S. The second-order valence-electron chi connectivity index (χ2n) is 7.94. The van der Waals surface area contributed by atoms with Gasteiger partial charge in [-0.25, -0.2) is 4.79 Å². The standard InChI is InChI=1S/C20H25NO4S/c1-20(2,3)25-19(24)21-10-8-13(9-11-21)12-16-18(23)17(22)14-6-4-5-7-15(14)26-16/h4-7,13,16H,8-12H2,1-3H3. The molecule has 2 aliphatic heterocycles. The molecule has 0 aromatic heterocycles. The van der Waals surface area contributed by atoms with Crippen LogP contribution in [0.5, 0.6) is 0 Å². The fraction of sp³-hybridized carbons (Fsp3) is 0.550. The predicted octanol–water partition coefficient (Wildman–Crippen LogP) is 3.95. The van der Waals surface area contributed by atoms with Crippen LogP contribution in [0.3, 0.4) is 0 Å². The number of ketones is 2. The highest BCUT2D eigenvalue weighted by Crippen LogP contribution is 2.38. The molecule has 0 spiro atoms. The molecule has 2 aliphatic rings. The third kappa shape index (κ3) is 4.29. The molecule has 5 nitrogen and oxygen atoms in total. The number of ether oxygens (including phenoxy) is 1. The molecule has 2 heterocycles. The molecule has 3 rings (SSSR count). The Morgan fingerprint density at radius 1 is 1.19 bits per heavy atom. The zero-order chi connectivity index (χ0) is 18.9. The van der Waals surface area contributed by atoms with Crippen LogP contribution in [-0.2, 0) is 9.53 Å². The van der Waals surface area contributed by atoms with Crippen molar-refractivity contribution in [2.45, 2.75) is 55.8 Å². The number of benzene rings is 1. The van der Waals surface area contributed by atoms with Gasteiger partial charge < -0.3 is 9.64 Å². The number of carbonyl (C=O) groups excluding carboxylic acids is 3. The van der Waals surface area contributed by atoms with Crippen LogP contribution in [-0.4, -0.2) is 46.5 Å². The number of rotatable bonds is 2. The molecule has 1 aromatic carbocycles. The average molecular weight is 375 g/mol. The van der Waals surface area contributed by atoms with E-state index in [0.29, 0.717) is 31.0 Å². The number of hydrogen-bond acceptors (Lipinski definition) is 5. The molecule has 1 atom stereocenters. The largest absolute Gasteiger partial charge is 0.444 e. The van der Waals surface area contributed by atoms with Gasteiger partial charge in [-0.1, -0.05) is 12.1 Å². The summed E-state index contributed by atoms with van der Waals surface area (Å²) in [6, 6.07) is 7.31. The van der Waals surface area contributed by atoms with Crippen molar-refractivity contribution >= 4 is 29.4 Å². The van der Waals surface area contributed by atoms with Crippen molar-refractivity contribution in [1.29, 1.82) is 0 Å². The van der Waals surface area contributed by atoms with E-state index in [1.165, 1.54) is 11.8 Å². The Labute approximate surface area is 158 Å². The first-order chi connectivity index (χ1) is 12.2. The molecule has 0 radical (unpaired) electrons. The smallest absolute Gasteiger partial charge is 0.410 e. The number of nitrogens with zero attached hydrogens (tertiary/aromatic N) is 1. The van der Waals surface area contributed by atoms with Gasteiger partial charge in [0.15, 0.2) is 0 Å². The fourth-order valence-electron chi connectivity index (χ4n) is 3.38. The highest BCUT2D eigenvalue weighted by Gasteiger charge is 2.36. The minimum atomic E-state index is -0.493. The number of hydrogen-bond donors (Lipinski definition) is 0. The Morgan fingerprint density at radius 2 is 1.85 bits per heavy atom. The monoisotopic (exact) mass is 375 g/mol. The van der Waals surface area contributed by atoms with E-state index in [0.717, 1.165) is 17.7 Å². The number of piperidine rings is 1. The number of amides is 1. The van der Waals surface area contributed by atoms with Crippen LogP contribution in [0, 0.1) is 5.92 Å². The summed E-state index contributed by atoms with van der Waals surface area (Å²) in [6.45, 7) is 6.85. The van der Waals surface area contributed by atoms with Crippen LogP contribution < -0.4 is 0 Å². The molecule has 6 heteroatoms. The number of Topliss-reactive ketones (excluding diaryl/α,β-unsaturated/α-hetero) is 2. The molecule has 1 unspecified atom stereocenters. The van der Waals surface area contributed by atoms with E-state index in [4.69, 9.17) is 4.74 Å². The fourth-order valence-corrected chi connectivity index (χ4v) is 4.71. The lowest BCUT2D eigenvalue weighted by Gasteiger charge is -2.34. The molecule has 26 heavy (non-hydrogen) atoms. The van der Waals surface area contributed by atoms with E-state index in [-0.39, 0.29) is 22.9 Å². The highest BCUT2D eigenvalue weighted by atomic mass is 32.2. The van der Waals surface area contributed by atoms with Crippen LogP contribution in [0.2, 0.25) is 0 Å². The number of likely N-dealkylation sites (tertiary alicyclic amines) is 1. The minimum absolute atomic E-state index is 0.275. The third-order valence-corrected chi connectivity index (χ3v) is 6.03. The SMILES string of the molecule is CC(C)(C)OC(=O)N1CCC(CC2Sc3ccccc3C(=O)C2=O)CC1. The van der Waals surface area contributed by atoms with Crippen molar-refractivity contribution in [2.24, 2.45) is 5.92 Å². The Kier molecular flexibility index (Phi) is 5.42. The molecular weight excluding hydrogens is 350 g/mol. The first-order valence-corrected chi connectivity index (χ1v) is 9.95. The van der Waals surface area contributed by atoms with Crippen molar-refractivity contribution < 1.29 is 19.1 Å². The van der Waals surface area contributed by atoms with Gasteiger partial charge in [0, 0.05) is 23.5 Å². The van der Waals surface area contributed by atoms with Crippen LogP contribution in [0.25, 0.3) is 0 Å². The van der Waals surface area contributed by atoms with Gasteiger partial charge >= 0.3 is 6.09 Å². The van der Waals surface area contributed by atoms with Gasteiger partial charge in [-0.15, -0.1) is 11.8 Å². The maximum absolute atomic E-state index is 12.4. The van der Waals surface area contributed by atoms with Crippen LogP contribution in [0.1, 0.15) is 50.4 Å². The van der Waals surface area contributed by atoms with Gasteiger partial charge in [0.25, 0.3) is 0 Å². The quantitative estimate of drug-likeness (QED) is 0.733. The van der Waals surface area contributed by atoms with Gasteiger partial charge in [-0.3, -0.25) is 9.59 Å². The zero-order valence-corrected chi connectivity index (χ0v) is 16.3. The van der Waals surface area contributed by atoms with Gasteiger partial charge in [0.2, 0.25) is 11.6 Å². The number of fused-ring (bicyclic) bond motifs is 1. The third-order valence-electron chi connectivity index (χ3n) is 4.73. The van der Waals surface area contributed by atoms with Crippen molar-refractivity contribution in [2.75, 3.05) is 13.1 Å². The molecule has 0 N–H and O–H groups in total. The van der Waals surface area contributed by atoms with Gasteiger partial charge in [-0.2, -0.15) is 0 Å². The summed E-state index contributed by atoms with van der Waals surface area (Å²) in [7, 11) is 0. The maximum Gasteiger partial charge on any atom is 0.410 e. The summed E-state index contributed by atoms with van der Waals surface area (Å²) in [4.78, 5) is 39.5. The Bertz CT molecular complexity index is 717. The molecule has 0 saturated carbocycles. The second-order valence-corrected chi connectivity index (χ2v) is 9.19. The maximum atomic E-state index is 12.4. The number of thioether (sulfide) groups is 1. The summed E-state index contributed by atoms with van der Waals surface area (Å²) in [5.41, 5.74) is 0.0332. The van der Waals surface area contributed by atoms with Gasteiger partial charge in [-0.05, 0) is 58.1 Å². The van der Waals surface area contributed by atoms with E-state index in [1.54, 1.807) is 17.0 Å². The summed E-state index contributed by atoms with van der Waals surface area (Å²) < 4.78 is 5.42. The van der Waals surface area contributed by atoms with E-state index in [1.807, 2.05) is 32.9 Å². The normalized spacial score (nSPS) is 21.5. The lowest BCUT2D eigenvalue weighted by molar-refractivity contribution is -0.115. The molecule has 140 valence electrons. The minimum Gasteiger partial charge on any atom is -0.444 e. The van der Waals surface area contributed by atoms with Crippen LogP contribution >= 0.6 is 11.8 Å². The summed E-state index contributed by atoms with van der Waals surface area (Å²) in [5, 5.41) is -0.310. The predicted molar refractivity (Wildman–Crippen MR) is 101 cm³/mol. The summed E-state index contributed by atoms with van der Waals surface area (Å²) in [5.74, 6) is -0.313. The van der Waals surface area contributed by atoms with Crippen molar-refractivity contribution in [3.05, 3.63) is 29.8 Å². The number of carbonyl (C=O) groups is 3. The Hall–Kier alpha value is -1.82. The zero-order valence-electron chi connectivity index (χ0n) is 15.5. The van der Waals surface area contributed by atoms with E-state index in [9.17, 15) is 14.4 Å². The molecule has 1 amide bonds. The van der Waals surface area contributed by atoms with Gasteiger partial charge in [0.1, 0.15) is 5.60 Å². The Balaban J connectivity index is 1.56. The second kappa shape index (κ2) is 7.43. The first kappa shape index (κ1) is 19.0. The molecule has 1 saturated heterocycles. The Morgan fingerprint density at radius 3 is 2.50 bits per heavy atom. The molecule has 1 fully saturated rings. The van der Waals surface area contributed by atoms with Crippen LogP contribution in [0.15, 0.2) is 29.2 Å². The first-order valence-electron chi connectivity index (χ1n) is 9.07. The van der Waals surface area contributed by atoms with Crippen molar-refractivity contribution in [1.82, 2.24) is 4.90 Å². The molecule has 1 aromatic rings. The van der Waals surface area contributed by atoms with E-state index < -0.39 is 5.60 Å². The molecule has 0 bridgehead atoms. The lowest BCUT2D eigenvalue weighted by atomic mass is 9.90. The topological polar surface area (TPSA) is 63.7 Å². The van der Waals surface area contributed by atoms with E-state index >= 15 is 0 Å².